The lowest BCUT2D eigenvalue weighted by molar-refractivity contribution is -0.119. The van der Waals surface area contributed by atoms with Gasteiger partial charge in [-0.1, -0.05) is 29.5 Å². The Morgan fingerprint density at radius 2 is 1.88 bits per heavy atom. The molecule has 8 heteroatoms. The number of hydrogen-bond acceptors (Lipinski definition) is 7. The van der Waals surface area contributed by atoms with Crippen LogP contribution in [0, 0.1) is 0 Å². The molecule has 3 rings (SSSR count). The van der Waals surface area contributed by atoms with E-state index in [1.54, 1.807) is 12.1 Å². The molecule has 0 saturated heterocycles. The molecule has 7 nitrogen and oxygen atoms in total. The van der Waals surface area contributed by atoms with Gasteiger partial charge in [-0.15, -0.1) is 0 Å². The molecule has 0 aliphatic rings. The molecule has 26 heavy (non-hydrogen) atoms. The maximum absolute atomic E-state index is 12.2. The number of aromatic nitrogens is 1. The third-order valence-corrected chi connectivity index (χ3v) is 4.45. The number of carbonyl (C=O) groups is 2. The lowest BCUT2D eigenvalue weighted by atomic mass is 10.2. The van der Waals surface area contributed by atoms with Crippen molar-refractivity contribution in [2.75, 3.05) is 26.1 Å². The number of rotatable bonds is 6. The minimum atomic E-state index is -0.680. The zero-order valence-corrected chi connectivity index (χ0v) is 15.0. The number of nitrogens with zero attached hydrogens (tertiary/aromatic N) is 1. The van der Waals surface area contributed by atoms with Gasteiger partial charge in [-0.05, 0) is 24.3 Å². The number of benzene rings is 2. The van der Waals surface area contributed by atoms with Crippen LogP contribution in [0.1, 0.15) is 10.4 Å². The number of ether oxygens (including phenoxy) is 3. The number of carbonyl (C=O) groups excluding carboxylic acids is 2. The van der Waals surface area contributed by atoms with Crippen LogP contribution in [-0.2, 0) is 9.53 Å². The van der Waals surface area contributed by atoms with Gasteiger partial charge in [0.2, 0.25) is 0 Å². The molecule has 0 fully saturated rings. The quantitative estimate of drug-likeness (QED) is 0.669. The maximum Gasteiger partial charge on any atom is 0.342 e. The maximum atomic E-state index is 12.2. The Morgan fingerprint density at radius 1 is 1.08 bits per heavy atom. The first-order chi connectivity index (χ1) is 12.6. The van der Waals surface area contributed by atoms with Crippen molar-refractivity contribution in [1.29, 1.82) is 0 Å². The zero-order valence-electron chi connectivity index (χ0n) is 14.1. The highest BCUT2D eigenvalue weighted by molar-refractivity contribution is 7.22. The standard InChI is InChI=1S/C18H16N2O5S/c1-23-13-8-5-6-11(16(13)24-2)17(22)25-10-15(21)20-18-19-12-7-3-4-9-14(12)26-18/h3-9H,10H2,1-2H3,(H,19,20,21). The molecule has 0 saturated carbocycles. The zero-order chi connectivity index (χ0) is 18.5. The average Bonchev–Trinajstić information content (AvgIpc) is 3.07. The fourth-order valence-electron chi connectivity index (χ4n) is 2.34. The predicted octanol–water partition coefficient (Wildman–Crippen LogP) is 3.11. The SMILES string of the molecule is COc1cccc(C(=O)OCC(=O)Nc2nc3ccccc3s2)c1OC. The van der Waals surface area contributed by atoms with Crippen LogP contribution in [0.15, 0.2) is 42.5 Å². The number of methoxy groups -OCH3 is 2. The molecular formula is C18H16N2O5S. The molecule has 0 unspecified atom stereocenters. The van der Waals surface area contributed by atoms with Crippen molar-refractivity contribution in [3.63, 3.8) is 0 Å². The first-order valence-corrected chi connectivity index (χ1v) is 8.47. The molecule has 0 spiro atoms. The van der Waals surface area contributed by atoms with Crippen LogP contribution in [0.3, 0.4) is 0 Å². The van der Waals surface area contributed by atoms with E-state index >= 15 is 0 Å². The summed E-state index contributed by atoms with van der Waals surface area (Å²) in [7, 11) is 2.90. The van der Waals surface area contributed by atoms with Crippen molar-refractivity contribution in [3.8, 4) is 11.5 Å². The monoisotopic (exact) mass is 372 g/mol. The van der Waals surface area contributed by atoms with E-state index in [9.17, 15) is 9.59 Å². The van der Waals surface area contributed by atoms with Gasteiger partial charge in [0, 0.05) is 0 Å². The number of nitrogens with one attached hydrogen (secondary N) is 1. The predicted molar refractivity (Wildman–Crippen MR) is 98.1 cm³/mol. The summed E-state index contributed by atoms with van der Waals surface area (Å²) in [6, 6.07) is 12.4. The largest absolute Gasteiger partial charge is 0.493 e. The van der Waals surface area contributed by atoms with Gasteiger partial charge >= 0.3 is 5.97 Å². The molecule has 0 aliphatic carbocycles. The molecule has 3 aromatic rings. The van der Waals surface area contributed by atoms with Crippen LogP contribution in [-0.4, -0.2) is 37.7 Å². The molecule has 1 heterocycles. The second-order valence-corrected chi connectivity index (χ2v) is 6.18. The summed E-state index contributed by atoms with van der Waals surface area (Å²) in [6.07, 6.45) is 0. The Kier molecular flexibility index (Phi) is 5.33. The summed E-state index contributed by atoms with van der Waals surface area (Å²) in [6.45, 7) is -0.435. The normalized spacial score (nSPS) is 10.4. The van der Waals surface area contributed by atoms with Gasteiger partial charge in [0.1, 0.15) is 5.56 Å². The lowest BCUT2D eigenvalue weighted by Gasteiger charge is -2.11. The number of esters is 1. The molecule has 0 radical (unpaired) electrons. The van der Waals surface area contributed by atoms with Gasteiger partial charge < -0.3 is 14.2 Å². The Balaban J connectivity index is 1.63. The molecule has 0 bridgehead atoms. The molecule has 1 N–H and O–H groups in total. The minimum Gasteiger partial charge on any atom is -0.493 e. The number of hydrogen-bond donors (Lipinski definition) is 1. The Bertz CT molecular complexity index is 921. The van der Waals surface area contributed by atoms with Gasteiger partial charge in [0.05, 0.1) is 24.4 Å². The van der Waals surface area contributed by atoms with Crippen LogP contribution in [0.5, 0.6) is 11.5 Å². The van der Waals surface area contributed by atoms with Gasteiger partial charge in [0.15, 0.2) is 23.2 Å². The highest BCUT2D eigenvalue weighted by Crippen LogP contribution is 2.31. The number of para-hydroxylation sites is 2. The van der Waals surface area contributed by atoms with Crippen molar-refractivity contribution in [2.45, 2.75) is 0 Å². The molecule has 1 amide bonds. The van der Waals surface area contributed by atoms with E-state index in [1.807, 2.05) is 24.3 Å². The van der Waals surface area contributed by atoms with E-state index in [0.717, 1.165) is 10.2 Å². The van der Waals surface area contributed by atoms with Crippen LogP contribution in [0.4, 0.5) is 5.13 Å². The second-order valence-electron chi connectivity index (χ2n) is 5.15. The average molecular weight is 372 g/mol. The fraction of sp³-hybridized carbons (Fsp3) is 0.167. The van der Waals surface area contributed by atoms with E-state index < -0.39 is 18.5 Å². The third kappa shape index (κ3) is 3.75. The van der Waals surface area contributed by atoms with Gasteiger partial charge in [-0.25, -0.2) is 9.78 Å². The second kappa shape index (κ2) is 7.83. The summed E-state index contributed by atoms with van der Waals surface area (Å²) in [4.78, 5) is 28.6. The minimum absolute atomic E-state index is 0.180. The highest BCUT2D eigenvalue weighted by Gasteiger charge is 2.19. The Labute approximate surface area is 153 Å². The fourth-order valence-corrected chi connectivity index (χ4v) is 3.22. The van der Waals surface area contributed by atoms with Gasteiger partial charge in [-0.2, -0.15) is 0 Å². The molecule has 0 aliphatic heterocycles. The third-order valence-electron chi connectivity index (χ3n) is 3.50. The van der Waals surface area contributed by atoms with Crippen LogP contribution in [0.2, 0.25) is 0 Å². The van der Waals surface area contributed by atoms with Gasteiger partial charge in [0.25, 0.3) is 5.91 Å². The van der Waals surface area contributed by atoms with Crippen molar-refractivity contribution in [2.24, 2.45) is 0 Å². The van der Waals surface area contributed by atoms with Gasteiger partial charge in [-0.3, -0.25) is 10.1 Å². The Morgan fingerprint density at radius 3 is 2.62 bits per heavy atom. The van der Waals surface area contributed by atoms with Crippen LogP contribution >= 0.6 is 11.3 Å². The topological polar surface area (TPSA) is 86.8 Å². The van der Waals surface area contributed by atoms with E-state index in [2.05, 4.69) is 10.3 Å². The molecular weight excluding hydrogens is 356 g/mol. The number of fused-ring (bicyclic) bond motifs is 1. The summed E-state index contributed by atoms with van der Waals surface area (Å²) in [5.74, 6) is -0.494. The molecule has 2 aromatic carbocycles. The molecule has 0 atom stereocenters. The first-order valence-electron chi connectivity index (χ1n) is 7.66. The van der Waals surface area contributed by atoms with E-state index in [4.69, 9.17) is 14.2 Å². The van der Waals surface area contributed by atoms with Crippen molar-refractivity contribution >= 4 is 38.6 Å². The summed E-state index contributed by atoms with van der Waals surface area (Å²) >= 11 is 1.35. The highest BCUT2D eigenvalue weighted by atomic mass is 32.1. The first kappa shape index (κ1) is 17.7. The number of amides is 1. The van der Waals surface area contributed by atoms with Crippen molar-refractivity contribution in [3.05, 3.63) is 48.0 Å². The van der Waals surface area contributed by atoms with Crippen LogP contribution in [0.25, 0.3) is 10.2 Å². The van der Waals surface area contributed by atoms with Crippen molar-refractivity contribution < 1.29 is 23.8 Å². The van der Waals surface area contributed by atoms with E-state index in [-0.39, 0.29) is 11.3 Å². The number of thiazole rings is 1. The summed E-state index contributed by atoms with van der Waals surface area (Å²) in [5, 5.41) is 3.07. The molecule has 134 valence electrons. The van der Waals surface area contributed by atoms with Crippen molar-refractivity contribution in [1.82, 2.24) is 4.98 Å². The summed E-state index contributed by atoms with van der Waals surface area (Å²) < 4.78 is 16.4. The lowest BCUT2D eigenvalue weighted by Crippen LogP contribution is -2.21. The van der Waals surface area contributed by atoms with Crippen LogP contribution < -0.4 is 14.8 Å². The Hall–Kier alpha value is -3.13. The van der Waals surface area contributed by atoms with E-state index in [0.29, 0.717) is 10.9 Å². The smallest absolute Gasteiger partial charge is 0.342 e. The van der Waals surface area contributed by atoms with E-state index in [1.165, 1.54) is 31.6 Å². The molecule has 1 aromatic heterocycles. The number of anilines is 1. The summed E-state index contributed by atoms with van der Waals surface area (Å²) in [5.41, 5.74) is 0.977.